The fourth-order valence-electron chi connectivity index (χ4n) is 2.02. The van der Waals surface area contributed by atoms with Gasteiger partial charge in [-0.15, -0.1) is 0 Å². The van der Waals surface area contributed by atoms with E-state index in [1.54, 1.807) is 0 Å². The molecule has 0 aliphatic rings. The number of hydrogen-bond donors (Lipinski definition) is 2. The first-order valence-electron chi connectivity index (χ1n) is 7.56. The third-order valence-electron chi connectivity index (χ3n) is 3.55. The number of hydrogen-bond acceptors (Lipinski definition) is 1. The maximum absolute atomic E-state index is 12.5. The van der Waals surface area contributed by atoms with Gasteiger partial charge in [0.2, 0.25) is 0 Å². The first kappa shape index (κ1) is 18.4. The molecule has 0 aliphatic heterocycles. The van der Waals surface area contributed by atoms with Crippen LogP contribution >= 0.6 is 0 Å². The normalized spacial score (nSPS) is 11.6. The second kappa shape index (κ2) is 7.75. The number of aryl methyl sites for hydroxylation is 2. The second-order valence-corrected chi connectivity index (χ2v) is 5.50. The van der Waals surface area contributed by atoms with Crippen LogP contribution in [-0.4, -0.2) is 12.5 Å². The molecule has 2 aromatic carbocycles. The quantitative estimate of drug-likeness (QED) is 0.489. The topological polar surface area (TPSA) is 50.4 Å². The van der Waals surface area contributed by atoms with Crippen LogP contribution in [0.3, 0.4) is 0 Å². The minimum Gasteiger partial charge on any atom is -0.370 e. The third kappa shape index (κ3) is 5.57. The average molecular weight is 345 g/mol. The van der Waals surface area contributed by atoms with Crippen LogP contribution in [0, 0.1) is 25.7 Å². The van der Waals surface area contributed by atoms with Crippen molar-refractivity contribution in [3.63, 3.8) is 0 Å². The minimum atomic E-state index is -4.34. The van der Waals surface area contributed by atoms with Crippen LogP contribution < -0.4 is 11.1 Å². The summed E-state index contributed by atoms with van der Waals surface area (Å²) in [5.74, 6) is 5.74. The smallest absolute Gasteiger partial charge is 0.370 e. The molecule has 0 saturated carbocycles. The van der Waals surface area contributed by atoms with Gasteiger partial charge in [0, 0.05) is 11.3 Å². The van der Waals surface area contributed by atoms with Crippen molar-refractivity contribution in [2.45, 2.75) is 20.0 Å². The third-order valence-corrected chi connectivity index (χ3v) is 3.55. The molecule has 0 saturated heterocycles. The zero-order chi connectivity index (χ0) is 18.4. The Bertz CT molecular complexity index is 826. The summed E-state index contributed by atoms with van der Waals surface area (Å²) < 4.78 is 37.4. The van der Waals surface area contributed by atoms with Crippen LogP contribution in [0.1, 0.15) is 22.3 Å². The molecule has 0 aliphatic carbocycles. The Morgan fingerprint density at radius 2 is 1.76 bits per heavy atom. The van der Waals surface area contributed by atoms with Gasteiger partial charge in [-0.05, 0) is 61.4 Å². The molecule has 0 radical (unpaired) electrons. The Labute approximate surface area is 144 Å². The number of aliphatic imine (C=N–C) groups is 1. The van der Waals surface area contributed by atoms with E-state index >= 15 is 0 Å². The van der Waals surface area contributed by atoms with Crippen LogP contribution in [0.2, 0.25) is 0 Å². The van der Waals surface area contributed by atoms with E-state index in [0.717, 1.165) is 23.4 Å². The Morgan fingerprint density at radius 3 is 2.36 bits per heavy atom. The van der Waals surface area contributed by atoms with E-state index in [2.05, 4.69) is 22.2 Å². The summed E-state index contributed by atoms with van der Waals surface area (Å²) in [4.78, 5) is 4.07. The molecule has 0 spiro atoms. The highest BCUT2D eigenvalue weighted by Crippen LogP contribution is 2.28. The largest absolute Gasteiger partial charge is 0.416 e. The number of nitrogens with zero attached hydrogens (tertiary/aromatic N) is 1. The number of anilines is 1. The van der Waals surface area contributed by atoms with Gasteiger partial charge in [0.1, 0.15) is 6.54 Å². The van der Waals surface area contributed by atoms with Crippen molar-refractivity contribution in [3.05, 3.63) is 64.7 Å². The average Bonchev–Trinajstić information content (AvgIpc) is 2.55. The van der Waals surface area contributed by atoms with Crippen molar-refractivity contribution in [2.75, 3.05) is 11.9 Å². The number of guanidine groups is 1. The summed E-state index contributed by atoms with van der Waals surface area (Å²) in [6.07, 6.45) is -4.34. The Kier molecular flexibility index (Phi) is 5.71. The molecule has 0 aromatic heterocycles. The first-order valence-corrected chi connectivity index (χ1v) is 7.56. The maximum atomic E-state index is 12.5. The van der Waals surface area contributed by atoms with Crippen LogP contribution in [0.5, 0.6) is 0 Å². The van der Waals surface area contributed by atoms with E-state index in [1.165, 1.54) is 17.7 Å². The lowest BCUT2D eigenvalue weighted by atomic mass is 10.1. The zero-order valence-electron chi connectivity index (χ0n) is 13.9. The molecule has 25 heavy (non-hydrogen) atoms. The van der Waals surface area contributed by atoms with Crippen molar-refractivity contribution in [3.8, 4) is 11.8 Å². The lowest BCUT2D eigenvalue weighted by molar-refractivity contribution is -0.137. The van der Waals surface area contributed by atoms with Crippen molar-refractivity contribution in [1.29, 1.82) is 0 Å². The molecule has 3 nitrogen and oxygen atoms in total. The molecule has 2 rings (SSSR count). The van der Waals surface area contributed by atoms with Gasteiger partial charge in [-0.2, -0.15) is 13.2 Å². The van der Waals surface area contributed by atoms with Crippen LogP contribution in [0.25, 0.3) is 0 Å². The number of alkyl halides is 3. The first-order chi connectivity index (χ1) is 11.8. The summed E-state index contributed by atoms with van der Waals surface area (Å²) in [6, 6.07) is 10.5. The van der Waals surface area contributed by atoms with Crippen LogP contribution in [0.4, 0.5) is 18.9 Å². The zero-order valence-corrected chi connectivity index (χ0v) is 13.9. The highest BCUT2D eigenvalue weighted by Gasteiger charge is 2.29. The van der Waals surface area contributed by atoms with Gasteiger partial charge in [0.15, 0.2) is 5.96 Å². The summed E-state index contributed by atoms with van der Waals surface area (Å²) in [7, 11) is 0. The Hall–Kier alpha value is -2.94. The van der Waals surface area contributed by atoms with Gasteiger partial charge in [0.25, 0.3) is 0 Å². The summed E-state index contributed by atoms with van der Waals surface area (Å²) >= 11 is 0. The standard InChI is InChI=1S/C19H18F3N3/c1-13-5-10-17(12-14(13)2)25-18(23)24-11-3-4-15-6-8-16(9-7-15)19(20,21)22/h5-10,12H,11H2,1-2H3,(H3,23,24,25). The molecule has 3 N–H and O–H groups in total. The lowest BCUT2D eigenvalue weighted by Gasteiger charge is -2.07. The minimum absolute atomic E-state index is 0.144. The Balaban J connectivity index is 1.94. The van der Waals surface area contributed by atoms with E-state index in [9.17, 15) is 13.2 Å². The van der Waals surface area contributed by atoms with Gasteiger partial charge >= 0.3 is 6.18 Å². The molecule has 0 amide bonds. The van der Waals surface area contributed by atoms with E-state index in [4.69, 9.17) is 5.73 Å². The molecular formula is C19H18F3N3. The molecule has 0 bridgehead atoms. The molecule has 130 valence electrons. The van der Waals surface area contributed by atoms with Gasteiger partial charge < -0.3 is 11.1 Å². The Morgan fingerprint density at radius 1 is 1.08 bits per heavy atom. The number of nitrogens with two attached hydrogens (primary N) is 1. The van der Waals surface area contributed by atoms with E-state index in [1.807, 2.05) is 32.0 Å². The predicted molar refractivity (Wildman–Crippen MR) is 94.4 cm³/mol. The van der Waals surface area contributed by atoms with E-state index in [-0.39, 0.29) is 12.5 Å². The molecule has 2 aromatic rings. The highest BCUT2D eigenvalue weighted by atomic mass is 19.4. The van der Waals surface area contributed by atoms with Crippen molar-refractivity contribution >= 4 is 11.6 Å². The highest BCUT2D eigenvalue weighted by molar-refractivity contribution is 5.92. The summed E-state index contributed by atoms with van der Waals surface area (Å²) in [5, 5.41) is 2.97. The molecule has 0 atom stereocenters. The fourth-order valence-corrected chi connectivity index (χ4v) is 2.02. The van der Waals surface area contributed by atoms with Gasteiger partial charge in [0.05, 0.1) is 5.56 Å². The molecule has 0 fully saturated rings. The monoisotopic (exact) mass is 345 g/mol. The maximum Gasteiger partial charge on any atom is 0.416 e. The molecule has 0 heterocycles. The van der Waals surface area contributed by atoms with Gasteiger partial charge in [-0.25, -0.2) is 4.99 Å². The van der Waals surface area contributed by atoms with Crippen molar-refractivity contribution in [2.24, 2.45) is 10.7 Å². The van der Waals surface area contributed by atoms with Gasteiger partial charge in [-0.3, -0.25) is 0 Å². The SMILES string of the molecule is Cc1ccc(NC(N)=NCC#Cc2ccc(C(F)(F)F)cc2)cc1C. The fraction of sp³-hybridized carbons (Fsp3) is 0.211. The predicted octanol–water partition coefficient (Wildman–Crippen LogP) is 4.10. The second-order valence-electron chi connectivity index (χ2n) is 5.50. The van der Waals surface area contributed by atoms with Crippen molar-refractivity contribution < 1.29 is 13.2 Å². The summed E-state index contributed by atoms with van der Waals surface area (Å²) in [5.41, 5.74) is 8.74. The lowest BCUT2D eigenvalue weighted by Crippen LogP contribution is -2.22. The van der Waals surface area contributed by atoms with E-state index < -0.39 is 11.7 Å². The molecule has 0 unspecified atom stereocenters. The van der Waals surface area contributed by atoms with Crippen molar-refractivity contribution in [1.82, 2.24) is 0 Å². The number of benzene rings is 2. The number of halogens is 3. The van der Waals surface area contributed by atoms with Gasteiger partial charge in [-0.1, -0.05) is 17.9 Å². The summed E-state index contributed by atoms with van der Waals surface area (Å²) in [6.45, 7) is 4.17. The number of rotatable bonds is 2. The van der Waals surface area contributed by atoms with Crippen LogP contribution in [0.15, 0.2) is 47.5 Å². The molecule has 6 heteroatoms. The van der Waals surface area contributed by atoms with E-state index in [0.29, 0.717) is 5.56 Å². The van der Waals surface area contributed by atoms with Crippen LogP contribution in [-0.2, 0) is 6.18 Å². The number of nitrogens with one attached hydrogen (secondary N) is 1. The molecular weight excluding hydrogens is 327 g/mol.